The molecule has 0 saturated carbocycles. The first-order valence-corrected chi connectivity index (χ1v) is 5.67. The fourth-order valence-corrected chi connectivity index (χ4v) is 1.96. The molecule has 0 spiro atoms. The number of phenolic OH excluding ortho intramolecular Hbond substituents is 2. The molecule has 0 saturated heterocycles. The minimum Gasteiger partial charge on any atom is -0.507 e. The molecule has 0 aliphatic rings. The van der Waals surface area contributed by atoms with Crippen LogP contribution in [0.5, 0.6) is 11.5 Å². The van der Waals surface area contributed by atoms with Crippen molar-refractivity contribution in [2.24, 2.45) is 0 Å². The second kappa shape index (κ2) is 4.17. The Morgan fingerprint density at radius 2 is 1.74 bits per heavy atom. The van der Waals surface area contributed by atoms with Crippen LogP contribution in [0.3, 0.4) is 0 Å². The van der Waals surface area contributed by atoms with Crippen molar-refractivity contribution < 1.29 is 14.6 Å². The molecule has 0 radical (unpaired) electrons. The molecule has 0 fully saturated rings. The lowest BCUT2D eigenvalue weighted by Crippen LogP contribution is -2.00. The molecule has 0 unspecified atom stereocenters. The smallest absolute Gasteiger partial charge is 0.293 e. The Balaban J connectivity index is 2.36. The van der Waals surface area contributed by atoms with Gasteiger partial charge in [0.25, 0.3) is 2.86 Å². The van der Waals surface area contributed by atoms with Crippen LogP contribution >= 0.6 is 0 Å². The zero-order valence-electron chi connectivity index (χ0n) is 11.8. The van der Waals surface area contributed by atoms with Crippen molar-refractivity contribution in [1.82, 2.24) is 0 Å². The van der Waals surface area contributed by atoms with Crippen molar-refractivity contribution in [2.45, 2.75) is 0 Å². The zero-order chi connectivity index (χ0) is 14.8. The summed E-state index contributed by atoms with van der Waals surface area (Å²) in [6, 6.07) is 13.2. The Morgan fingerprint density at radius 1 is 1.00 bits per heavy atom. The maximum absolute atomic E-state index is 12.3. The van der Waals surface area contributed by atoms with Gasteiger partial charge in [0, 0.05) is 11.6 Å². The first kappa shape index (κ1) is 9.22. The summed E-state index contributed by atoms with van der Waals surface area (Å²) in [5.41, 5.74) is 0.446. The third-order valence-corrected chi connectivity index (χ3v) is 2.86. The molecule has 3 rings (SSSR count). The molecule has 0 aliphatic carbocycles. The average molecular weight is 256 g/mol. The molecule has 2 aromatic carbocycles. The monoisotopic (exact) mass is 256 g/mol. The van der Waals surface area contributed by atoms with Crippen LogP contribution < -0.4 is 5.43 Å². The number of fused-ring (bicyclic) bond motifs is 1. The van der Waals surface area contributed by atoms with Gasteiger partial charge in [0.1, 0.15) is 16.9 Å². The van der Waals surface area contributed by atoms with Gasteiger partial charge in [-0.25, -0.2) is 0 Å². The van der Waals surface area contributed by atoms with E-state index >= 15 is 0 Å². The Labute approximate surface area is 111 Å². The fraction of sp³-hybridized carbons (Fsp3) is 0. The highest BCUT2D eigenvalue weighted by Crippen LogP contribution is 2.32. The van der Waals surface area contributed by atoms with Gasteiger partial charge in [0.15, 0.2) is 16.8 Å². The van der Waals surface area contributed by atoms with Gasteiger partial charge < -0.3 is 14.6 Å². The number of hydrogen-bond donors (Lipinski definition) is 2. The molecule has 0 atom stereocenters. The summed E-state index contributed by atoms with van der Waals surface area (Å²) in [7, 11) is 0. The quantitative estimate of drug-likeness (QED) is 0.707. The molecule has 19 heavy (non-hydrogen) atoms. The molecule has 0 bridgehead atoms. The summed E-state index contributed by atoms with van der Waals surface area (Å²) < 4.78 is 19.7. The molecule has 2 N–H and O–H groups in total. The van der Waals surface area contributed by atoms with E-state index in [4.69, 9.17) is 7.28 Å². The number of rotatable bonds is 3. The summed E-state index contributed by atoms with van der Waals surface area (Å²) in [5, 5.41) is 8.98. The van der Waals surface area contributed by atoms with E-state index in [1.165, 1.54) is 18.2 Å². The largest absolute Gasteiger partial charge is 0.507 e. The van der Waals surface area contributed by atoms with Crippen molar-refractivity contribution in [3.63, 3.8) is 0 Å². The molecule has 1 aromatic heterocycles. The maximum atomic E-state index is 12.3. The van der Waals surface area contributed by atoms with Gasteiger partial charge in [-0.2, -0.15) is 0 Å². The van der Waals surface area contributed by atoms with Crippen molar-refractivity contribution in [1.29, 1.82) is 2.86 Å². The lowest BCUT2D eigenvalue weighted by molar-refractivity contribution is 0.455. The Morgan fingerprint density at radius 3 is 2.47 bits per heavy atom. The average Bonchev–Trinajstić information content (AvgIpc) is 2.54. The van der Waals surface area contributed by atoms with Crippen LogP contribution in [0.4, 0.5) is 0 Å². The van der Waals surface area contributed by atoms with E-state index < -0.39 is 0 Å². The lowest BCUT2D eigenvalue weighted by atomic mass is 10.1. The molecule has 0 amide bonds. The SMILES string of the molecule is [2H]Oc1ccc(O[2H])c2c(=O)cc(-c3ccccc3)oc12. The normalized spacial score (nSPS) is 11.8. The number of phenols is 2. The Hall–Kier alpha value is -2.75. The van der Waals surface area contributed by atoms with E-state index in [1.54, 1.807) is 12.1 Å². The van der Waals surface area contributed by atoms with Gasteiger partial charge in [0.05, 0.1) is 0 Å². The molecule has 1 heterocycles. The number of benzene rings is 2. The van der Waals surface area contributed by atoms with Crippen LogP contribution in [0, 0.1) is 0 Å². The summed E-state index contributed by atoms with van der Waals surface area (Å²) in [6.07, 6.45) is 0. The minimum absolute atomic E-state index is 0.0548. The van der Waals surface area contributed by atoms with Gasteiger partial charge in [0.2, 0.25) is 0 Å². The van der Waals surface area contributed by atoms with Crippen molar-refractivity contribution in [3.05, 3.63) is 58.8 Å². The first-order valence-electron chi connectivity index (χ1n) is 6.49. The van der Waals surface area contributed by atoms with E-state index in [9.17, 15) is 4.79 Å². The van der Waals surface area contributed by atoms with E-state index in [-0.39, 0.29) is 27.9 Å². The number of hydrogen-bond acceptors (Lipinski definition) is 4. The summed E-state index contributed by atoms with van der Waals surface area (Å²) in [4.78, 5) is 12.3. The number of aromatic hydroxyl groups is 2. The molecule has 0 aliphatic heterocycles. The Kier molecular flexibility index (Phi) is 2.02. The highest BCUT2D eigenvalue weighted by Gasteiger charge is 2.13. The van der Waals surface area contributed by atoms with E-state index in [2.05, 4.69) is 10.2 Å². The molecule has 4 nitrogen and oxygen atoms in total. The molecule has 4 heteroatoms. The van der Waals surface area contributed by atoms with Crippen LogP contribution in [-0.4, -0.2) is 13.1 Å². The first-order chi connectivity index (χ1) is 10.2. The molecule has 3 aromatic rings. The molecule has 94 valence electrons. The van der Waals surface area contributed by atoms with Crippen LogP contribution in [0.25, 0.3) is 22.3 Å². The van der Waals surface area contributed by atoms with E-state index in [1.807, 2.05) is 18.2 Å². The highest BCUT2D eigenvalue weighted by atomic mass is 16.4. The topological polar surface area (TPSA) is 70.7 Å². The van der Waals surface area contributed by atoms with Gasteiger partial charge in [-0.15, -0.1) is 0 Å². The van der Waals surface area contributed by atoms with Crippen LogP contribution in [0.1, 0.15) is 0 Å². The van der Waals surface area contributed by atoms with Gasteiger partial charge in [-0.1, -0.05) is 30.3 Å². The van der Waals surface area contributed by atoms with Gasteiger partial charge >= 0.3 is 0 Å². The van der Waals surface area contributed by atoms with Crippen molar-refractivity contribution in [3.8, 4) is 22.8 Å². The molecular weight excluding hydrogens is 244 g/mol. The summed E-state index contributed by atoms with van der Waals surface area (Å²) in [5.74, 6) is 0.494. The van der Waals surface area contributed by atoms with Crippen molar-refractivity contribution in [2.75, 3.05) is 0 Å². The standard InChI is InChI=1S/C15H10O4/c16-10-6-7-11(17)15-14(10)12(18)8-13(19-15)9-4-2-1-3-5-9/h1-8,16-17H/i/hD2. The summed E-state index contributed by atoms with van der Waals surface area (Å²) in [6.45, 7) is 0. The van der Waals surface area contributed by atoms with Crippen molar-refractivity contribution >= 4 is 11.0 Å². The van der Waals surface area contributed by atoms with Crippen LogP contribution in [0.2, 0.25) is 0 Å². The fourth-order valence-electron chi connectivity index (χ4n) is 1.96. The Bertz CT molecular complexity index is 843. The predicted molar refractivity (Wildman–Crippen MR) is 71.2 cm³/mol. The molecular formula is C15H10O4. The predicted octanol–water partition coefficient (Wildman–Crippen LogP) is 2.87. The van der Waals surface area contributed by atoms with E-state index in [0.29, 0.717) is 5.76 Å². The highest BCUT2D eigenvalue weighted by molar-refractivity contribution is 5.88. The van der Waals surface area contributed by atoms with E-state index in [0.717, 1.165) is 5.56 Å². The van der Waals surface area contributed by atoms with Crippen LogP contribution in [0.15, 0.2) is 57.7 Å². The second-order valence-corrected chi connectivity index (χ2v) is 4.11. The lowest BCUT2D eigenvalue weighted by Gasteiger charge is -2.05. The second-order valence-electron chi connectivity index (χ2n) is 4.11. The zero-order valence-corrected chi connectivity index (χ0v) is 9.75. The summed E-state index contributed by atoms with van der Waals surface area (Å²) >= 11 is 0. The van der Waals surface area contributed by atoms with Gasteiger partial charge in [-0.3, -0.25) is 4.79 Å². The maximum Gasteiger partial charge on any atom is 0.293 e. The third-order valence-electron chi connectivity index (χ3n) is 2.86. The minimum atomic E-state index is -0.365. The third kappa shape index (κ3) is 1.83. The van der Waals surface area contributed by atoms with Crippen LogP contribution in [-0.2, 0) is 0 Å². The van der Waals surface area contributed by atoms with Gasteiger partial charge in [-0.05, 0) is 12.1 Å².